The van der Waals surface area contributed by atoms with E-state index in [1.807, 2.05) is 30.1 Å². The fraction of sp³-hybridized carbons (Fsp3) is 0.500. The maximum absolute atomic E-state index is 12.1. The summed E-state index contributed by atoms with van der Waals surface area (Å²) in [6.45, 7) is 1.95. The second-order valence-corrected chi connectivity index (χ2v) is 6.67. The summed E-state index contributed by atoms with van der Waals surface area (Å²) in [6, 6.07) is 8.50. The summed E-state index contributed by atoms with van der Waals surface area (Å²) >= 11 is 5.25. The van der Waals surface area contributed by atoms with Crippen LogP contribution in [-0.4, -0.2) is 42.7 Å². The normalized spacial score (nSPS) is 17.6. The first-order valence-corrected chi connectivity index (χ1v) is 8.30. The van der Waals surface area contributed by atoms with Gasteiger partial charge in [-0.3, -0.25) is 4.79 Å². The maximum atomic E-state index is 12.1. The second kappa shape index (κ2) is 8.93. The minimum Gasteiger partial charge on any atom is -0.341 e. The lowest BCUT2D eigenvalue weighted by molar-refractivity contribution is -0.131. The number of amides is 1. The van der Waals surface area contributed by atoms with Gasteiger partial charge in [-0.15, -0.1) is 24.2 Å². The van der Waals surface area contributed by atoms with Crippen molar-refractivity contribution >= 4 is 46.0 Å². The molecule has 3 nitrogen and oxygen atoms in total. The Hall–Kier alpha value is -0.230. The summed E-state index contributed by atoms with van der Waals surface area (Å²) < 4.78 is 1.10. The average Bonchev–Trinajstić information content (AvgIpc) is 2.94. The molecule has 1 aliphatic heterocycles. The van der Waals surface area contributed by atoms with Crippen LogP contribution >= 0.6 is 40.1 Å². The van der Waals surface area contributed by atoms with E-state index in [4.69, 9.17) is 0 Å². The number of likely N-dealkylation sites (N-methyl/N-ethyl adjacent to an activating group) is 1. The molecule has 2 rings (SSSR count). The van der Waals surface area contributed by atoms with Crippen molar-refractivity contribution in [2.24, 2.45) is 0 Å². The third-order valence-electron chi connectivity index (χ3n) is 3.39. The summed E-state index contributed by atoms with van der Waals surface area (Å²) in [5, 5.41) is 3.29. The highest BCUT2D eigenvalue weighted by molar-refractivity contribution is 9.10. The molecule has 0 aliphatic carbocycles. The highest BCUT2D eigenvalue weighted by atomic mass is 79.9. The number of carbonyl (C=O) groups excluding carboxylic acids is 1. The van der Waals surface area contributed by atoms with E-state index in [9.17, 15) is 4.79 Å². The standard InChI is InChI=1S/C14H19BrN2OS.ClH/c1-17(11-6-8-16-10-11)14(18)7-9-19-13-5-3-2-4-12(13)15;/h2-5,11,16H,6-10H2,1H3;1H. The van der Waals surface area contributed by atoms with Crippen LogP contribution in [0.2, 0.25) is 0 Å². The van der Waals surface area contributed by atoms with Crippen molar-refractivity contribution in [2.75, 3.05) is 25.9 Å². The lowest BCUT2D eigenvalue weighted by Crippen LogP contribution is -2.38. The van der Waals surface area contributed by atoms with Gasteiger partial charge in [0.1, 0.15) is 0 Å². The van der Waals surface area contributed by atoms with Crippen molar-refractivity contribution in [3.8, 4) is 0 Å². The van der Waals surface area contributed by atoms with Gasteiger partial charge in [-0.25, -0.2) is 0 Å². The predicted octanol–water partition coefficient (Wildman–Crippen LogP) is 3.17. The van der Waals surface area contributed by atoms with E-state index in [-0.39, 0.29) is 18.3 Å². The lowest BCUT2D eigenvalue weighted by Gasteiger charge is -2.23. The lowest BCUT2D eigenvalue weighted by atomic mass is 10.2. The molecule has 1 aromatic rings. The molecule has 1 heterocycles. The topological polar surface area (TPSA) is 32.3 Å². The van der Waals surface area contributed by atoms with Crippen LogP contribution in [0.1, 0.15) is 12.8 Å². The molecule has 0 bridgehead atoms. The Labute approximate surface area is 139 Å². The van der Waals surface area contributed by atoms with E-state index in [1.54, 1.807) is 11.8 Å². The molecular weight excluding hydrogens is 360 g/mol. The van der Waals surface area contributed by atoms with Gasteiger partial charge in [-0.1, -0.05) is 12.1 Å². The molecule has 20 heavy (non-hydrogen) atoms. The van der Waals surface area contributed by atoms with Crippen LogP contribution in [0.15, 0.2) is 33.6 Å². The monoisotopic (exact) mass is 378 g/mol. The molecule has 1 atom stereocenters. The zero-order chi connectivity index (χ0) is 13.7. The first kappa shape index (κ1) is 17.8. The molecule has 0 aromatic heterocycles. The van der Waals surface area contributed by atoms with Crippen molar-refractivity contribution in [1.82, 2.24) is 10.2 Å². The Kier molecular flexibility index (Phi) is 7.95. The maximum Gasteiger partial charge on any atom is 0.223 e. The molecule has 112 valence electrons. The number of thioether (sulfide) groups is 1. The Morgan fingerprint density at radius 1 is 1.50 bits per heavy atom. The number of halogens is 2. The Balaban J connectivity index is 0.00000200. The minimum absolute atomic E-state index is 0. The van der Waals surface area contributed by atoms with Crippen molar-refractivity contribution in [3.05, 3.63) is 28.7 Å². The number of carbonyl (C=O) groups is 1. The number of hydrogen-bond acceptors (Lipinski definition) is 3. The Bertz CT molecular complexity index is 441. The van der Waals surface area contributed by atoms with Crippen LogP contribution < -0.4 is 5.32 Å². The summed E-state index contributed by atoms with van der Waals surface area (Å²) in [6.07, 6.45) is 1.67. The van der Waals surface area contributed by atoms with E-state index in [1.165, 1.54) is 4.90 Å². The molecule has 1 N–H and O–H groups in total. The highest BCUT2D eigenvalue weighted by Crippen LogP contribution is 2.27. The van der Waals surface area contributed by atoms with Crippen molar-refractivity contribution in [1.29, 1.82) is 0 Å². The van der Waals surface area contributed by atoms with E-state index in [0.717, 1.165) is 29.7 Å². The fourth-order valence-electron chi connectivity index (χ4n) is 2.16. The summed E-state index contributed by atoms with van der Waals surface area (Å²) in [4.78, 5) is 15.2. The smallest absolute Gasteiger partial charge is 0.223 e. The molecule has 1 aliphatic rings. The first-order chi connectivity index (χ1) is 9.18. The zero-order valence-electron chi connectivity index (χ0n) is 11.5. The molecule has 1 saturated heterocycles. The number of rotatable bonds is 5. The summed E-state index contributed by atoms with van der Waals surface area (Å²) in [7, 11) is 1.92. The van der Waals surface area contributed by atoms with Crippen LogP contribution in [0.25, 0.3) is 0 Å². The van der Waals surface area contributed by atoms with E-state index < -0.39 is 0 Å². The number of nitrogens with one attached hydrogen (secondary N) is 1. The van der Waals surface area contributed by atoms with Crippen molar-refractivity contribution < 1.29 is 4.79 Å². The Morgan fingerprint density at radius 2 is 2.25 bits per heavy atom. The number of hydrogen-bond donors (Lipinski definition) is 1. The third kappa shape index (κ3) is 4.95. The van der Waals surface area contributed by atoms with Crippen molar-refractivity contribution in [2.45, 2.75) is 23.8 Å². The molecule has 6 heteroatoms. The van der Waals surface area contributed by atoms with Gasteiger partial charge in [0.2, 0.25) is 5.91 Å². The third-order valence-corrected chi connectivity index (χ3v) is 5.41. The predicted molar refractivity (Wildman–Crippen MR) is 90.8 cm³/mol. The van der Waals surface area contributed by atoms with Crippen LogP contribution in [0, 0.1) is 0 Å². The van der Waals surface area contributed by atoms with Gasteiger partial charge in [-0.05, 0) is 41.0 Å². The first-order valence-electron chi connectivity index (χ1n) is 6.52. The van der Waals surface area contributed by atoms with Gasteiger partial charge < -0.3 is 10.2 Å². The largest absolute Gasteiger partial charge is 0.341 e. The molecule has 1 fully saturated rings. The zero-order valence-corrected chi connectivity index (χ0v) is 14.7. The molecule has 1 unspecified atom stereocenters. The van der Waals surface area contributed by atoms with Gasteiger partial charge in [0, 0.05) is 41.2 Å². The molecule has 0 spiro atoms. The highest BCUT2D eigenvalue weighted by Gasteiger charge is 2.22. The molecule has 1 aromatic carbocycles. The van der Waals surface area contributed by atoms with Crippen LogP contribution in [-0.2, 0) is 4.79 Å². The average molecular weight is 380 g/mol. The van der Waals surface area contributed by atoms with Gasteiger partial charge in [0.05, 0.1) is 0 Å². The van der Waals surface area contributed by atoms with Gasteiger partial charge in [0.25, 0.3) is 0 Å². The molecule has 0 saturated carbocycles. The molecule has 0 radical (unpaired) electrons. The SMILES string of the molecule is CN(C(=O)CCSc1ccccc1Br)C1CCNC1.Cl. The summed E-state index contributed by atoms with van der Waals surface area (Å²) in [5.74, 6) is 1.07. The summed E-state index contributed by atoms with van der Waals surface area (Å²) in [5.41, 5.74) is 0. The number of nitrogens with zero attached hydrogens (tertiary/aromatic N) is 1. The van der Waals surface area contributed by atoms with Gasteiger partial charge in [0.15, 0.2) is 0 Å². The number of benzene rings is 1. The van der Waals surface area contributed by atoms with Crippen LogP contribution in [0.5, 0.6) is 0 Å². The van der Waals surface area contributed by atoms with Crippen LogP contribution in [0.3, 0.4) is 0 Å². The van der Waals surface area contributed by atoms with Gasteiger partial charge >= 0.3 is 0 Å². The van der Waals surface area contributed by atoms with Crippen LogP contribution in [0.4, 0.5) is 0 Å². The fourth-order valence-corrected chi connectivity index (χ4v) is 3.67. The molecule has 1 amide bonds. The van der Waals surface area contributed by atoms with Crippen molar-refractivity contribution in [3.63, 3.8) is 0 Å². The molecular formula is C14H20BrClN2OS. The van der Waals surface area contributed by atoms with E-state index in [0.29, 0.717) is 12.5 Å². The Morgan fingerprint density at radius 3 is 2.90 bits per heavy atom. The second-order valence-electron chi connectivity index (χ2n) is 4.68. The van der Waals surface area contributed by atoms with E-state index >= 15 is 0 Å². The van der Waals surface area contributed by atoms with E-state index in [2.05, 4.69) is 27.3 Å². The van der Waals surface area contributed by atoms with Gasteiger partial charge in [-0.2, -0.15) is 0 Å². The quantitative estimate of drug-likeness (QED) is 0.798. The minimum atomic E-state index is 0.